The Labute approximate surface area is 114 Å². The van der Waals surface area contributed by atoms with E-state index in [9.17, 15) is 8.42 Å². The quantitative estimate of drug-likeness (QED) is 0.888. The van der Waals surface area contributed by atoms with Gasteiger partial charge in [0.05, 0.1) is 6.61 Å². The fraction of sp³-hybridized carbons (Fsp3) is 0.692. The van der Waals surface area contributed by atoms with E-state index in [1.807, 2.05) is 0 Å². The molecule has 1 N–H and O–H groups in total. The van der Waals surface area contributed by atoms with Gasteiger partial charge in [0.2, 0.25) is 10.0 Å². The van der Waals surface area contributed by atoms with Crippen molar-refractivity contribution in [3.05, 3.63) is 18.0 Å². The predicted molar refractivity (Wildman–Crippen MR) is 73.1 cm³/mol. The van der Waals surface area contributed by atoms with Crippen LogP contribution >= 0.6 is 0 Å². The summed E-state index contributed by atoms with van der Waals surface area (Å²) < 4.78 is 28.2. The van der Waals surface area contributed by atoms with E-state index in [-0.39, 0.29) is 11.5 Å². The van der Waals surface area contributed by atoms with Crippen LogP contribution in [-0.4, -0.2) is 35.5 Å². The maximum Gasteiger partial charge on any atom is 0.244 e. The zero-order chi connectivity index (χ0) is 14.0. The van der Waals surface area contributed by atoms with Gasteiger partial charge in [0, 0.05) is 32.0 Å². The van der Waals surface area contributed by atoms with E-state index in [1.165, 1.54) is 0 Å². The molecular formula is C13H22N2O3S. The van der Waals surface area contributed by atoms with Crippen molar-refractivity contribution in [1.82, 2.24) is 8.87 Å². The zero-order valence-corrected chi connectivity index (χ0v) is 12.4. The molecule has 0 aromatic carbocycles. The minimum absolute atomic E-state index is 0.148. The summed E-state index contributed by atoms with van der Waals surface area (Å²) >= 11 is 0. The second-order valence-electron chi connectivity index (χ2n) is 5.24. The third-order valence-electron chi connectivity index (χ3n) is 3.83. The average molecular weight is 286 g/mol. The number of aliphatic hydroxyl groups excluding tert-OH is 1. The van der Waals surface area contributed by atoms with Crippen molar-refractivity contribution in [2.75, 3.05) is 13.1 Å². The molecule has 5 nitrogen and oxygen atoms in total. The van der Waals surface area contributed by atoms with Crippen LogP contribution in [0.25, 0.3) is 0 Å². The summed E-state index contributed by atoms with van der Waals surface area (Å²) in [6.45, 7) is 3.21. The van der Waals surface area contributed by atoms with E-state index in [2.05, 4.69) is 6.92 Å². The number of aromatic nitrogens is 1. The van der Waals surface area contributed by atoms with Crippen LogP contribution in [0.15, 0.2) is 17.2 Å². The minimum atomic E-state index is -3.40. The molecule has 0 saturated carbocycles. The number of rotatable bonds is 5. The molecule has 0 bridgehead atoms. The molecule has 0 spiro atoms. The van der Waals surface area contributed by atoms with Gasteiger partial charge in [0.1, 0.15) is 4.90 Å². The second-order valence-corrected chi connectivity index (χ2v) is 7.18. The van der Waals surface area contributed by atoms with E-state index in [1.54, 1.807) is 28.2 Å². The molecule has 1 atom stereocenters. The summed E-state index contributed by atoms with van der Waals surface area (Å²) in [5.74, 6) is 0.487. The van der Waals surface area contributed by atoms with Gasteiger partial charge in [-0.1, -0.05) is 13.3 Å². The molecule has 1 fully saturated rings. The van der Waals surface area contributed by atoms with Gasteiger partial charge in [-0.3, -0.25) is 0 Å². The SMILES string of the molecule is CCCC1CCN(S(=O)(=O)c2cc(CO)n(C)c2)C1. The normalized spacial score (nSPS) is 21.1. The van der Waals surface area contributed by atoms with Crippen molar-refractivity contribution in [3.8, 4) is 0 Å². The van der Waals surface area contributed by atoms with E-state index in [0.717, 1.165) is 19.3 Å². The Bertz CT molecular complexity index is 536. The molecule has 2 rings (SSSR count). The third kappa shape index (κ3) is 2.85. The van der Waals surface area contributed by atoms with Crippen LogP contribution in [0.5, 0.6) is 0 Å². The molecule has 19 heavy (non-hydrogen) atoms. The van der Waals surface area contributed by atoms with E-state index >= 15 is 0 Å². The molecular weight excluding hydrogens is 264 g/mol. The summed E-state index contributed by atoms with van der Waals surface area (Å²) in [7, 11) is -1.66. The maximum atomic E-state index is 12.5. The first-order chi connectivity index (χ1) is 8.98. The molecule has 108 valence electrons. The molecule has 0 radical (unpaired) electrons. The summed E-state index contributed by atoms with van der Waals surface area (Å²) in [4.78, 5) is 0.288. The van der Waals surface area contributed by atoms with Crippen molar-refractivity contribution in [2.24, 2.45) is 13.0 Å². The van der Waals surface area contributed by atoms with Gasteiger partial charge in [0.15, 0.2) is 0 Å². The lowest BCUT2D eigenvalue weighted by Gasteiger charge is -2.15. The lowest BCUT2D eigenvalue weighted by Crippen LogP contribution is -2.28. The molecule has 1 saturated heterocycles. The fourth-order valence-electron chi connectivity index (χ4n) is 2.68. The van der Waals surface area contributed by atoms with Crippen molar-refractivity contribution >= 4 is 10.0 Å². The van der Waals surface area contributed by atoms with Crippen LogP contribution in [0.2, 0.25) is 0 Å². The second kappa shape index (κ2) is 5.64. The Kier molecular flexibility index (Phi) is 4.32. The highest BCUT2D eigenvalue weighted by atomic mass is 32.2. The number of hydrogen-bond acceptors (Lipinski definition) is 3. The summed E-state index contributed by atoms with van der Waals surface area (Å²) in [5, 5.41) is 9.15. The molecule has 0 aliphatic carbocycles. The molecule has 1 aromatic heterocycles. The third-order valence-corrected chi connectivity index (χ3v) is 5.66. The van der Waals surface area contributed by atoms with Crippen LogP contribution in [0.3, 0.4) is 0 Å². The van der Waals surface area contributed by atoms with Crippen LogP contribution in [-0.2, 0) is 23.7 Å². The first-order valence-corrected chi connectivity index (χ1v) is 8.19. The average Bonchev–Trinajstić information content (AvgIpc) is 2.96. The van der Waals surface area contributed by atoms with Gasteiger partial charge in [-0.05, 0) is 24.8 Å². The lowest BCUT2D eigenvalue weighted by atomic mass is 10.0. The van der Waals surface area contributed by atoms with Crippen molar-refractivity contribution in [2.45, 2.75) is 37.7 Å². The van der Waals surface area contributed by atoms with Crippen molar-refractivity contribution in [3.63, 3.8) is 0 Å². The van der Waals surface area contributed by atoms with Crippen LogP contribution in [0.1, 0.15) is 31.9 Å². The highest BCUT2D eigenvalue weighted by Crippen LogP contribution is 2.27. The first-order valence-electron chi connectivity index (χ1n) is 6.75. The number of aryl methyl sites for hydroxylation is 1. The molecule has 6 heteroatoms. The standard InChI is InChI=1S/C13H22N2O3S/c1-3-4-11-5-6-15(8-11)19(17,18)13-7-12(10-16)14(2)9-13/h7,9,11,16H,3-6,8,10H2,1-2H3. The van der Waals surface area contributed by atoms with Gasteiger partial charge in [0.25, 0.3) is 0 Å². The summed E-state index contributed by atoms with van der Waals surface area (Å²) in [6, 6.07) is 1.56. The van der Waals surface area contributed by atoms with Gasteiger partial charge in [-0.25, -0.2) is 8.42 Å². The lowest BCUT2D eigenvalue weighted by molar-refractivity contribution is 0.272. The number of aliphatic hydroxyl groups is 1. The number of sulfonamides is 1. The van der Waals surface area contributed by atoms with Crippen LogP contribution in [0, 0.1) is 5.92 Å². The summed E-state index contributed by atoms with van der Waals surface area (Å²) in [6.07, 6.45) is 4.71. The molecule has 1 aliphatic heterocycles. The van der Waals surface area contributed by atoms with Gasteiger partial charge in [-0.2, -0.15) is 4.31 Å². The molecule has 1 unspecified atom stereocenters. The highest BCUT2D eigenvalue weighted by Gasteiger charge is 2.32. The van der Waals surface area contributed by atoms with Gasteiger partial charge in [-0.15, -0.1) is 0 Å². The largest absolute Gasteiger partial charge is 0.390 e. The molecule has 2 heterocycles. The topological polar surface area (TPSA) is 62.5 Å². The molecule has 1 aromatic rings. The van der Waals surface area contributed by atoms with Crippen LogP contribution < -0.4 is 0 Å². The Balaban J connectivity index is 2.18. The van der Waals surface area contributed by atoms with E-state index in [4.69, 9.17) is 5.11 Å². The monoisotopic (exact) mass is 286 g/mol. The number of nitrogens with zero attached hydrogens (tertiary/aromatic N) is 2. The highest BCUT2D eigenvalue weighted by molar-refractivity contribution is 7.89. The van der Waals surface area contributed by atoms with Crippen molar-refractivity contribution < 1.29 is 13.5 Å². The minimum Gasteiger partial charge on any atom is -0.390 e. The first kappa shape index (κ1) is 14.6. The Morgan fingerprint density at radius 1 is 1.47 bits per heavy atom. The van der Waals surface area contributed by atoms with E-state index < -0.39 is 10.0 Å². The van der Waals surface area contributed by atoms with Crippen molar-refractivity contribution in [1.29, 1.82) is 0 Å². The van der Waals surface area contributed by atoms with Crippen LogP contribution in [0.4, 0.5) is 0 Å². The summed E-state index contributed by atoms with van der Waals surface area (Å²) in [5.41, 5.74) is 0.614. The Morgan fingerprint density at radius 3 is 2.79 bits per heavy atom. The number of hydrogen-bond donors (Lipinski definition) is 1. The molecule has 0 amide bonds. The maximum absolute atomic E-state index is 12.5. The Hall–Kier alpha value is -0.850. The predicted octanol–water partition coefficient (Wildman–Crippen LogP) is 1.33. The zero-order valence-electron chi connectivity index (χ0n) is 11.5. The molecule has 1 aliphatic rings. The smallest absolute Gasteiger partial charge is 0.244 e. The van der Waals surface area contributed by atoms with E-state index in [0.29, 0.717) is 24.7 Å². The van der Waals surface area contributed by atoms with Gasteiger partial charge < -0.3 is 9.67 Å². The van der Waals surface area contributed by atoms with Gasteiger partial charge >= 0.3 is 0 Å². The fourth-order valence-corrected chi connectivity index (χ4v) is 4.31. The Morgan fingerprint density at radius 2 is 2.21 bits per heavy atom.